The number of benzene rings is 1. The summed E-state index contributed by atoms with van der Waals surface area (Å²) in [6, 6.07) is 5.33. The minimum absolute atomic E-state index is 0.162. The quantitative estimate of drug-likeness (QED) is 0.322. The summed E-state index contributed by atoms with van der Waals surface area (Å²) in [5.41, 5.74) is 0.448. The van der Waals surface area contributed by atoms with Gasteiger partial charge in [0.05, 0.1) is 18.8 Å². The number of rotatable bonds is 6. The fourth-order valence-electron chi connectivity index (χ4n) is 3.23. The Morgan fingerprint density at radius 2 is 1.54 bits per heavy atom. The highest BCUT2D eigenvalue weighted by Crippen LogP contribution is 2.40. The third-order valence-electron chi connectivity index (χ3n) is 4.52. The molecule has 1 aliphatic carbocycles. The average Bonchev–Trinajstić information content (AvgIpc) is 3.00. The van der Waals surface area contributed by atoms with Crippen molar-refractivity contribution in [1.82, 2.24) is 0 Å². The van der Waals surface area contributed by atoms with Crippen LogP contribution in [-0.2, 0) is 41.4 Å². The van der Waals surface area contributed by atoms with Crippen LogP contribution >= 0.6 is 0 Å². The van der Waals surface area contributed by atoms with Gasteiger partial charge in [-0.1, -0.05) is 24.8 Å². The Morgan fingerprint density at radius 1 is 1.00 bits per heavy atom. The standard InChI is InChI=1S/C22H28O6/c1-7-26-19(24)22(20(25)27-8-2)12-16-10-9-15(11-17(16)13-22)14(3)18(23)28-21(4,5)6/h9-11H,3,7-8,12-13H2,1-2,4-6H3. The van der Waals surface area contributed by atoms with Crippen molar-refractivity contribution in [3.8, 4) is 0 Å². The second kappa shape index (κ2) is 8.17. The lowest BCUT2D eigenvalue weighted by Gasteiger charge is -2.24. The number of esters is 3. The van der Waals surface area contributed by atoms with Crippen LogP contribution in [0.4, 0.5) is 0 Å². The van der Waals surface area contributed by atoms with E-state index in [4.69, 9.17) is 14.2 Å². The van der Waals surface area contributed by atoms with Gasteiger partial charge in [-0.2, -0.15) is 0 Å². The van der Waals surface area contributed by atoms with Crippen LogP contribution in [0.2, 0.25) is 0 Å². The first kappa shape index (κ1) is 21.7. The molecule has 1 aromatic carbocycles. The summed E-state index contributed by atoms with van der Waals surface area (Å²) < 4.78 is 15.7. The Kier molecular flexibility index (Phi) is 6.32. The monoisotopic (exact) mass is 388 g/mol. The van der Waals surface area contributed by atoms with Gasteiger partial charge in [0.15, 0.2) is 5.41 Å². The zero-order valence-electron chi connectivity index (χ0n) is 17.2. The van der Waals surface area contributed by atoms with Gasteiger partial charge in [0, 0.05) is 0 Å². The van der Waals surface area contributed by atoms with Gasteiger partial charge in [-0.3, -0.25) is 9.59 Å². The first-order chi connectivity index (χ1) is 13.0. The summed E-state index contributed by atoms with van der Waals surface area (Å²) in [5.74, 6) is -1.68. The Morgan fingerprint density at radius 3 is 2.04 bits per heavy atom. The lowest BCUT2D eigenvalue weighted by atomic mass is 9.84. The average molecular weight is 388 g/mol. The summed E-state index contributed by atoms with van der Waals surface area (Å²) in [6.07, 6.45) is 0.370. The van der Waals surface area contributed by atoms with Crippen molar-refractivity contribution in [2.24, 2.45) is 5.41 Å². The van der Waals surface area contributed by atoms with E-state index in [1.165, 1.54) is 0 Å². The van der Waals surface area contributed by atoms with Gasteiger partial charge < -0.3 is 14.2 Å². The molecule has 1 aliphatic rings. The molecule has 0 fully saturated rings. The smallest absolute Gasteiger partial charge is 0.338 e. The van der Waals surface area contributed by atoms with E-state index in [2.05, 4.69) is 6.58 Å². The summed E-state index contributed by atoms with van der Waals surface area (Å²) in [4.78, 5) is 37.5. The molecule has 0 heterocycles. The molecule has 0 N–H and O–H groups in total. The van der Waals surface area contributed by atoms with E-state index in [1.807, 2.05) is 0 Å². The number of hydrogen-bond donors (Lipinski definition) is 0. The zero-order valence-corrected chi connectivity index (χ0v) is 17.2. The molecule has 0 radical (unpaired) electrons. The first-order valence-corrected chi connectivity index (χ1v) is 9.43. The van der Waals surface area contributed by atoms with E-state index in [0.29, 0.717) is 5.56 Å². The van der Waals surface area contributed by atoms with Crippen molar-refractivity contribution in [2.75, 3.05) is 13.2 Å². The second-order valence-electron chi connectivity index (χ2n) is 7.84. The molecule has 0 aliphatic heterocycles. The van der Waals surface area contributed by atoms with E-state index in [1.54, 1.807) is 52.8 Å². The van der Waals surface area contributed by atoms with Crippen LogP contribution in [0, 0.1) is 5.41 Å². The maximum absolute atomic E-state index is 12.6. The minimum Gasteiger partial charge on any atom is -0.465 e. The molecule has 0 saturated carbocycles. The molecular formula is C22H28O6. The number of carbonyl (C=O) groups is 3. The molecule has 6 nitrogen and oxygen atoms in total. The molecule has 1 aromatic rings. The Labute approximate surface area is 165 Å². The van der Waals surface area contributed by atoms with Crippen LogP contribution in [-0.4, -0.2) is 36.7 Å². The fraction of sp³-hybridized carbons (Fsp3) is 0.500. The third kappa shape index (κ3) is 4.43. The van der Waals surface area contributed by atoms with E-state index < -0.39 is 28.9 Å². The predicted molar refractivity (Wildman–Crippen MR) is 104 cm³/mol. The molecule has 0 aromatic heterocycles. The number of fused-ring (bicyclic) bond motifs is 1. The van der Waals surface area contributed by atoms with Crippen molar-refractivity contribution in [3.63, 3.8) is 0 Å². The van der Waals surface area contributed by atoms with Crippen LogP contribution in [0.1, 0.15) is 51.3 Å². The molecule has 28 heavy (non-hydrogen) atoms. The van der Waals surface area contributed by atoms with Crippen LogP contribution in [0.5, 0.6) is 0 Å². The third-order valence-corrected chi connectivity index (χ3v) is 4.52. The van der Waals surface area contributed by atoms with Gasteiger partial charge in [0.2, 0.25) is 0 Å². The van der Waals surface area contributed by atoms with Crippen LogP contribution in [0.3, 0.4) is 0 Å². The summed E-state index contributed by atoms with van der Waals surface area (Å²) >= 11 is 0. The maximum atomic E-state index is 12.6. The van der Waals surface area contributed by atoms with E-state index in [-0.39, 0.29) is 31.6 Å². The minimum atomic E-state index is -1.39. The van der Waals surface area contributed by atoms with Crippen LogP contribution < -0.4 is 0 Å². The Hall–Kier alpha value is -2.63. The molecule has 0 bridgehead atoms. The number of carbonyl (C=O) groups excluding carboxylic acids is 3. The molecule has 0 unspecified atom stereocenters. The highest BCUT2D eigenvalue weighted by Gasteiger charge is 2.53. The van der Waals surface area contributed by atoms with E-state index >= 15 is 0 Å². The van der Waals surface area contributed by atoms with Crippen molar-refractivity contribution >= 4 is 23.5 Å². The largest absolute Gasteiger partial charge is 0.465 e. The van der Waals surface area contributed by atoms with Crippen molar-refractivity contribution in [3.05, 3.63) is 41.5 Å². The highest BCUT2D eigenvalue weighted by molar-refractivity contribution is 6.15. The normalized spacial score (nSPS) is 14.8. The number of ether oxygens (including phenoxy) is 3. The molecule has 6 heteroatoms. The van der Waals surface area contributed by atoms with Gasteiger partial charge in [-0.25, -0.2) is 4.79 Å². The van der Waals surface area contributed by atoms with Crippen molar-refractivity contribution in [1.29, 1.82) is 0 Å². The molecule has 0 atom stereocenters. The highest BCUT2D eigenvalue weighted by atomic mass is 16.6. The molecule has 2 rings (SSSR count). The fourth-order valence-corrected chi connectivity index (χ4v) is 3.23. The SMILES string of the molecule is C=C(C(=O)OC(C)(C)C)c1ccc2c(c1)CC(C(=O)OCC)(C(=O)OCC)C2. The topological polar surface area (TPSA) is 78.9 Å². The van der Waals surface area contributed by atoms with Crippen LogP contribution in [0.15, 0.2) is 24.8 Å². The number of hydrogen-bond acceptors (Lipinski definition) is 6. The summed E-state index contributed by atoms with van der Waals surface area (Å²) in [5, 5.41) is 0. The van der Waals surface area contributed by atoms with Gasteiger partial charge in [-0.15, -0.1) is 0 Å². The van der Waals surface area contributed by atoms with Crippen molar-refractivity contribution < 1.29 is 28.6 Å². The molecule has 0 spiro atoms. The van der Waals surface area contributed by atoms with Crippen LogP contribution in [0.25, 0.3) is 5.57 Å². The van der Waals surface area contributed by atoms with E-state index in [0.717, 1.165) is 11.1 Å². The molecular weight excluding hydrogens is 360 g/mol. The summed E-state index contributed by atoms with van der Waals surface area (Å²) in [6.45, 7) is 12.9. The zero-order chi connectivity index (χ0) is 21.1. The molecule has 152 valence electrons. The van der Waals surface area contributed by atoms with Gasteiger partial charge in [-0.05, 0) is 64.2 Å². The Bertz CT molecular complexity index is 782. The predicted octanol–water partition coefficient (Wildman–Crippen LogP) is 3.25. The summed E-state index contributed by atoms with van der Waals surface area (Å²) in [7, 11) is 0. The van der Waals surface area contributed by atoms with Gasteiger partial charge in [0.1, 0.15) is 5.60 Å². The van der Waals surface area contributed by atoms with Crippen molar-refractivity contribution in [2.45, 2.75) is 53.1 Å². The lowest BCUT2D eigenvalue weighted by Crippen LogP contribution is -2.43. The van der Waals surface area contributed by atoms with Gasteiger partial charge >= 0.3 is 17.9 Å². The lowest BCUT2D eigenvalue weighted by molar-refractivity contribution is -0.171. The molecule has 0 saturated heterocycles. The first-order valence-electron chi connectivity index (χ1n) is 9.43. The molecule has 0 amide bonds. The van der Waals surface area contributed by atoms with Gasteiger partial charge in [0.25, 0.3) is 0 Å². The second-order valence-corrected chi connectivity index (χ2v) is 7.84. The van der Waals surface area contributed by atoms with E-state index in [9.17, 15) is 14.4 Å². The Balaban J connectivity index is 2.32. The maximum Gasteiger partial charge on any atom is 0.338 e.